The van der Waals surface area contributed by atoms with Gasteiger partial charge in [-0.15, -0.1) is 0 Å². The van der Waals surface area contributed by atoms with Crippen molar-refractivity contribution in [2.75, 3.05) is 5.73 Å². The zero-order valence-corrected chi connectivity index (χ0v) is 10.4. The first kappa shape index (κ1) is 9.98. The molecular formula is C14H21N3. The average Bonchev–Trinajstić information content (AvgIpc) is 2.60. The molecule has 92 valence electrons. The van der Waals surface area contributed by atoms with Crippen molar-refractivity contribution in [2.24, 2.45) is 23.7 Å². The number of nitrogens with two attached hydrogens (primary N) is 1. The van der Waals surface area contributed by atoms with E-state index in [1.807, 2.05) is 6.92 Å². The van der Waals surface area contributed by atoms with Gasteiger partial charge in [0, 0.05) is 5.92 Å². The summed E-state index contributed by atoms with van der Waals surface area (Å²) in [7, 11) is 0. The maximum Gasteiger partial charge on any atom is 0.0890 e. The van der Waals surface area contributed by atoms with Crippen LogP contribution in [-0.4, -0.2) is 10.2 Å². The number of nitrogens with zero attached hydrogens (tertiary/aromatic N) is 1. The zero-order chi connectivity index (χ0) is 11.6. The van der Waals surface area contributed by atoms with Crippen LogP contribution in [0.2, 0.25) is 0 Å². The lowest BCUT2D eigenvalue weighted by atomic mass is 9.51. The first-order chi connectivity index (χ1) is 8.22. The number of hydrogen-bond acceptors (Lipinski definition) is 2. The normalized spacial score (nSPS) is 43.2. The first-order valence-electron chi connectivity index (χ1n) is 7.02. The topological polar surface area (TPSA) is 54.7 Å². The third kappa shape index (κ3) is 1.31. The molecule has 4 fully saturated rings. The van der Waals surface area contributed by atoms with Crippen LogP contribution < -0.4 is 5.73 Å². The van der Waals surface area contributed by atoms with Crippen LogP contribution in [0.5, 0.6) is 0 Å². The van der Waals surface area contributed by atoms with Crippen LogP contribution in [0.15, 0.2) is 0 Å². The minimum atomic E-state index is 0.660. The molecule has 1 aromatic heterocycles. The van der Waals surface area contributed by atoms with Gasteiger partial charge in [-0.1, -0.05) is 0 Å². The Hall–Kier alpha value is -0.990. The lowest BCUT2D eigenvalue weighted by Gasteiger charge is -2.54. The van der Waals surface area contributed by atoms with E-state index in [1.165, 1.54) is 37.8 Å². The van der Waals surface area contributed by atoms with Gasteiger partial charge in [-0.2, -0.15) is 5.10 Å². The van der Waals surface area contributed by atoms with E-state index >= 15 is 0 Å². The number of rotatable bonds is 1. The van der Waals surface area contributed by atoms with E-state index in [0.717, 1.165) is 35.1 Å². The van der Waals surface area contributed by atoms with Gasteiger partial charge in [-0.25, -0.2) is 0 Å². The number of anilines is 1. The molecule has 0 saturated heterocycles. The maximum atomic E-state index is 6.19. The van der Waals surface area contributed by atoms with E-state index in [9.17, 15) is 0 Å². The molecule has 4 aliphatic carbocycles. The van der Waals surface area contributed by atoms with Crippen molar-refractivity contribution >= 4 is 5.69 Å². The van der Waals surface area contributed by atoms with E-state index < -0.39 is 0 Å². The summed E-state index contributed by atoms with van der Waals surface area (Å²) in [6.45, 7) is 2.03. The minimum absolute atomic E-state index is 0.660. The number of hydrogen-bond donors (Lipinski definition) is 2. The van der Waals surface area contributed by atoms with E-state index in [2.05, 4.69) is 10.2 Å². The lowest BCUT2D eigenvalue weighted by Crippen LogP contribution is -2.44. The first-order valence-corrected chi connectivity index (χ1v) is 7.02. The number of aromatic nitrogens is 2. The van der Waals surface area contributed by atoms with Crippen LogP contribution in [0, 0.1) is 30.6 Å². The van der Waals surface area contributed by atoms with Crippen LogP contribution in [0.4, 0.5) is 5.69 Å². The Morgan fingerprint density at radius 3 is 2.12 bits per heavy atom. The Labute approximate surface area is 102 Å². The highest BCUT2D eigenvalue weighted by Gasteiger charge is 2.49. The highest BCUT2D eigenvalue weighted by molar-refractivity contribution is 5.49. The van der Waals surface area contributed by atoms with E-state index in [0.29, 0.717) is 5.92 Å². The van der Waals surface area contributed by atoms with Crippen LogP contribution >= 0.6 is 0 Å². The molecule has 0 unspecified atom stereocenters. The second-order valence-corrected chi connectivity index (χ2v) is 6.60. The number of H-pyrrole nitrogens is 1. The summed E-state index contributed by atoms with van der Waals surface area (Å²) in [6.07, 6.45) is 7.24. The molecule has 1 heterocycles. The van der Waals surface area contributed by atoms with Crippen LogP contribution in [0.3, 0.4) is 0 Å². The molecule has 17 heavy (non-hydrogen) atoms. The Kier molecular flexibility index (Phi) is 1.92. The Morgan fingerprint density at radius 1 is 1.06 bits per heavy atom. The molecule has 3 heteroatoms. The summed E-state index contributed by atoms with van der Waals surface area (Å²) in [4.78, 5) is 0. The average molecular weight is 231 g/mol. The predicted octanol–water partition coefficient (Wildman–Crippen LogP) is 2.84. The zero-order valence-electron chi connectivity index (χ0n) is 10.4. The number of aryl methyl sites for hydroxylation is 1. The van der Waals surface area contributed by atoms with Crippen molar-refractivity contribution < 1.29 is 0 Å². The van der Waals surface area contributed by atoms with Gasteiger partial charge in [-0.3, -0.25) is 5.10 Å². The van der Waals surface area contributed by atoms with Gasteiger partial charge in [0.1, 0.15) is 0 Å². The van der Waals surface area contributed by atoms with Crippen molar-refractivity contribution in [1.29, 1.82) is 0 Å². The van der Waals surface area contributed by atoms with Crippen LogP contribution in [0.1, 0.15) is 49.4 Å². The smallest absolute Gasteiger partial charge is 0.0890 e. The van der Waals surface area contributed by atoms with Gasteiger partial charge >= 0.3 is 0 Å². The Morgan fingerprint density at radius 2 is 1.65 bits per heavy atom. The highest BCUT2D eigenvalue weighted by Crippen LogP contribution is 2.60. The summed E-state index contributed by atoms with van der Waals surface area (Å²) >= 11 is 0. The fourth-order valence-electron chi connectivity index (χ4n) is 5.08. The second-order valence-electron chi connectivity index (χ2n) is 6.60. The van der Waals surface area contributed by atoms with Crippen molar-refractivity contribution in [3.8, 4) is 0 Å². The quantitative estimate of drug-likeness (QED) is 0.781. The molecule has 4 aliphatic rings. The van der Waals surface area contributed by atoms with Gasteiger partial charge in [0.05, 0.1) is 17.1 Å². The maximum absolute atomic E-state index is 6.19. The van der Waals surface area contributed by atoms with Crippen LogP contribution in [-0.2, 0) is 0 Å². The molecular weight excluding hydrogens is 210 g/mol. The molecule has 0 radical (unpaired) electrons. The SMILES string of the molecule is Cc1[nH]nc(C2C3CC4CC(C3)CC2C4)c1N. The van der Waals surface area contributed by atoms with Crippen molar-refractivity contribution in [1.82, 2.24) is 10.2 Å². The number of aromatic amines is 1. The fraction of sp³-hybridized carbons (Fsp3) is 0.786. The predicted molar refractivity (Wildman–Crippen MR) is 67.5 cm³/mol. The molecule has 3 N–H and O–H groups in total. The molecule has 4 saturated carbocycles. The van der Waals surface area contributed by atoms with Gasteiger partial charge < -0.3 is 5.73 Å². The summed E-state index contributed by atoms with van der Waals surface area (Å²) in [6, 6.07) is 0. The second kappa shape index (κ2) is 3.27. The van der Waals surface area contributed by atoms with E-state index in [1.54, 1.807) is 0 Å². The molecule has 5 rings (SSSR count). The van der Waals surface area contributed by atoms with Gasteiger partial charge in [-0.05, 0) is 62.7 Å². The number of nitrogens with one attached hydrogen (secondary N) is 1. The summed E-state index contributed by atoms with van der Waals surface area (Å²) in [5.41, 5.74) is 9.36. The Balaban J connectivity index is 1.73. The lowest BCUT2D eigenvalue weighted by molar-refractivity contribution is -0.00393. The molecule has 0 atom stereocenters. The monoisotopic (exact) mass is 231 g/mol. The fourth-order valence-corrected chi connectivity index (χ4v) is 5.08. The molecule has 0 aliphatic heterocycles. The molecule has 1 aromatic rings. The van der Waals surface area contributed by atoms with Crippen molar-refractivity contribution in [3.63, 3.8) is 0 Å². The minimum Gasteiger partial charge on any atom is -0.396 e. The third-order valence-electron chi connectivity index (χ3n) is 5.57. The standard InChI is InChI=1S/C14H21N3/c1-7-13(15)14(17-16-7)12-10-3-8-2-9(5-10)6-11(12)4-8/h8-12H,2-6,15H2,1H3,(H,16,17). The highest BCUT2D eigenvalue weighted by atomic mass is 15.1. The molecule has 0 spiro atoms. The Bertz CT molecular complexity index is 420. The summed E-state index contributed by atoms with van der Waals surface area (Å²) in [5, 5.41) is 7.58. The van der Waals surface area contributed by atoms with Gasteiger partial charge in [0.25, 0.3) is 0 Å². The van der Waals surface area contributed by atoms with Crippen LogP contribution in [0.25, 0.3) is 0 Å². The third-order valence-corrected chi connectivity index (χ3v) is 5.57. The molecule has 3 nitrogen and oxygen atoms in total. The molecule has 0 amide bonds. The summed E-state index contributed by atoms with van der Waals surface area (Å²) in [5.74, 6) is 4.45. The molecule has 4 bridgehead atoms. The number of nitrogen functional groups attached to an aromatic ring is 1. The van der Waals surface area contributed by atoms with Crippen molar-refractivity contribution in [3.05, 3.63) is 11.4 Å². The van der Waals surface area contributed by atoms with Gasteiger partial charge in [0.15, 0.2) is 0 Å². The van der Waals surface area contributed by atoms with E-state index in [4.69, 9.17) is 5.73 Å². The van der Waals surface area contributed by atoms with Crippen molar-refractivity contribution in [2.45, 2.75) is 44.9 Å². The van der Waals surface area contributed by atoms with E-state index in [-0.39, 0.29) is 0 Å². The van der Waals surface area contributed by atoms with Gasteiger partial charge in [0.2, 0.25) is 0 Å². The summed E-state index contributed by atoms with van der Waals surface area (Å²) < 4.78 is 0. The molecule has 0 aromatic carbocycles. The largest absolute Gasteiger partial charge is 0.396 e.